The van der Waals surface area contributed by atoms with E-state index in [9.17, 15) is 28.9 Å². The maximum atomic E-state index is 12.6. The molecule has 0 aliphatic heterocycles. The molecule has 0 rings (SSSR count). The number of aliphatic hydroxyl groups excluding tert-OH is 1. The number of rotatable bonds is 43. The second-order valence-corrected chi connectivity index (χ2v) is 17.2. The third-order valence-corrected chi connectivity index (χ3v) is 10.9. The molecule has 0 saturated carbocycles. The third kappa shape index (κ3) is 40.8. The Morgan fingerprint density at radius 3 is 1.64 bits per heavy atom. The quantitative estimate of drug-likeness (QED) is 0.0149. The lowest BCUT2D eigenvalue weighted by molar-refractivity contribution is -0.161. The molecule has 0 fully saturated rings. The zero-order valence-corrected chi connectivity index (χ0v) is 37.9. The van der Waals surface area contributed by atoms with Crippen LogP contribution in [0.1, 0.15) is 200 Å². The highest BCUT2D eigenvalue weighted by Crippen LogP contribution is 2.43. The van der Waals surface area contributed by atoms with Crippen molar-refractivity contribution in [1.82, 2.24) is 0 Å². The Balaban J connectivity index is 4.48. The Bertz CT molecular complexity index is 1160. The minimum atomic E-state index is -4.76. The number of unbranched alkanes of at least 4 members (excludes halogenated alkanes) is 22. The molecule has 344 valence electrons. The summed E-state index contributed by atoms with van der Waals surface area (Å²) in [4.78, 5) is 46.0. The van der Waals surface area contributed by atoms with Crippen LogP contribution in [-0.4, -0.2) is 71.1 Å². The standard InChI is InChI=1S/C46H84NO11P/c1-3-5-7-9-11-13-15-17-18-19-20-22-24-26-28-30-32-36-45(50)58-42(39-56-59(53,54)57-40-43(47)46(51)52)38-55-44(49)37-33-35-41(48)34-31-29-27-25-23-21-16-14-12-10-8-6-4-2/h21,23,27,29,31,34,41-43,48H,3-20,22,24-26,28,30,32-33,35-40,47H2,1-2H3,(H,51,52)(H,53,54)/b23-21+,29-27+,34-31+/t41?,42-,43+/m1/s1. The molecule has 5 N–H and O–H groups in total. The molecule has 4 atom stereocenters. The molecule has 0 aromatic carbocycles. The van der Waals surface area contributed by atoms with Gasteiger partial charge in [0.25, 0.3) is 0 Å². The second kappa shape index (κ2) is 41.0. The number of hydrogen-bond donors (Lipinski definition) is 4. The number of phosphoric ester groups is 1. The van der Waals surface area contributed by atoms with Gasteiger partial charge in [0.15, 0.2) is 6.10 Å². The van der Waals surface area contributed by atoms with E-state index < -0.39 is 63.8 Å². The van der Waals surface area contributed by atoms with E-state index in [-0.39, 0.29) is 12.8 Å². The number of carboxylic acids is 1. The first kappa shape index (κ1) is 56.7. The molecule has 0 aromatic heterocycles. The van der Waals surface area contributed by atoms with Crippen LogP contribution in [0.15, 0.2) is 36.5 Å². The molecule has 0 radical (unpaired) electrons. The van der Waals surface area contributed by atoms with Crippen LogP contribution in [0, 0.1) is 0 Å². The fourth-order valence-corrected chi connectivity index (χ4v) is 7.09. The fourth-order valence-electron chi connectivity index (χ4n) is 6.31. The van der Waals surface area contributed by atoms with Crippen LogP contribution in [0.25, 0.3) is 0 Å². The van der Waals surface area contributed by atoms with Crippen molar-refractivity contribution in [2.24, 2.45) is 5.73 Å². The van der Waals surface area contributed by atoms with Crippen molar-refractivity contribution in [2.45, 2.75) is 218 Å². The molecular weight excluding hydrogens is 773 g/mol. The number of phosphoric acid groups is 1. The van der Waals surface area contributed by atoms with E-state index in [0.29, 0.717) is 19.3 Å². The number of hydrogen-bond acceptors (Lipinski definition) is 10. The van der Waals surface area contributed by atoms with Gasteiger partial charge in [0.2, 0.25) is 0 Å². The summed E-state index contributed by atoms with van der Waals surface area (Å²) >= 11 is 0. The van der Waals surface area contributed by atoms with E-state index in [1.807, 2.05) is 12.2 Å². The minimum Gasteiger partial charge on any atom is -0.480 e. The van der Waals surface area contributed by atoms with Gasteiger partial charge in [-0.1, -0.05) is 185 Å². The largest absolute Gasteiger partial charge is 0.480 e. The summed E-state index contributed by atoms with van der Waals surface area (Å²) < 4.78 is 32.6. The first-order valence-electron chi connectivity index (χ1n) is 23.1. The number of aliphatic carboxylic acids is 1. The van der Waals surface area contributed by atoms with Crippen molar-refractivity contribution in [3.05, 3.63) is 36.5 Å². The van der Waals surface area contributed by atoms with E-state index in [0.717, 1.165) is 32.1 Å². The summed E-state index contributed by atoms with van der Waals surface area (Å²) in [7, 11) is -4.76. The topological polar surface area (TPSA) is 192 Å². The van der Waals surface area contributed by atoms with Gasteiger partial charge in [-0.25, -0.2) is 4.57 Å². The van der Waals surface area contributed by atoms with Crippen molar-refractivity contribution < 1.29 is 52.6 Å². The van der Waals surface area contributed by atoms with E-state index in [4.69, 9.17) is 24.8 Å². The number of nitrogens with two attached hydrogens (primary N) is 1. The molecule has 12 nitrogen and oxygen atoms in total. The second-order valence-electron chi connectivity index (χ2n) is 15.7. The van der Waals surface area contributed by atoms with Gasteiger partial charge in [0.1, 0.15) is 12.6 Å². The van der Waals surface area contributed by atoms with Crippen LogP contribution in [0.3, 0.4) is 0 Å². The zero-order chi connectivity index (χ0) is 43.7. The van der Waals surface area contributed by atoms with Gasteiger partial charge < -0.3 is 30.3 Å². The number of esters is 2. The van der Waals surface area contributed by atoms with Crippen molar-refractivity contribution >= 4 is 25.7 Å². The Labute approximate surface area is 357 Å². The number of carboxylic acid groups (broad SMARTS) is 1. The summed E-state index contributed by atoms with van der Waals surface area (Å²) in [6, 6.07) is -1.55. The smallest absolute Gasteiger partial charge is 0.472 e. The van der Waals surface area contributed by atoms with Gasteiger partial charge in [-0.3, -0.25) is 23.4 Å². The van der Waals surface area contributed by atoms with Crippen molar-refractivity contribution in [2.75, 3.05) is 19.8 Å². The molecule has 0 saturated heterocycles. The molecule has 13 heteroatoms. The first-order chi connectivity index (χ1) is 28.5. The van der Waals surface area contributed by atoms with Crippen LogP contribution in [-0.2, 0) is 37.5 Å². The Morgan fingerprint density at radius 1 is 0.610 bits per heavy atom. The Morgan fingerprint density at radius 2 is 1.10 bits per heavy atom. The molecule has 0 bridgehead atoms. The molecule has 0 aliphatic rings. The average Bonchev–Trinajstić information content (AvgIpc) is 3.20. The minimum absolute atomic E-state index is 0.000400. The number of carbonyl (C=O) groups is 3. The van der Waals surface area contributed by atoms with E-state index in [2.05, 4.69) is 30.5 Å². The highest BCUT2D eigenvalue weighted by Gasteiger charge is 2.28. The van der Waals surface area contributed by atoms with Gasteiger partial charge in [-0.05, 0) is 38.5 Å². The number of carbonyl (C=O) groups excluding carboxylic acids is 2. The van der Waals surface area contributed by atoms with Gasteiger partial charge in [-0.15, -0.1) is 0 Å². The Hall–Kier alpha value is -2.34. The summed E-state index contributed by atoms with van der Waals surface area (Å²) in [6.45, 7) is 2.62. The van der Waals surface area contributed by atoms with Crippen LogP contribution in [0.2, 0.25) is 0 Å². The van der Waals surface area contributed by atoms with Crippen molar-refractivity contribution in [3.8, 4) is 0 Å². The lowest BCUT2D eigenvalue weighted by Gasteiger charge is -2.20. The fraction of sp³-hybridized carbons (Fsp3) is 0.804. The van der Waals surface area contributed by atoms with Crippen LogP contribution in [0.4, 0.5) is 0 Å². The van der Waals surface area contributed by atoms with E-state index >= 15 is 0 Å². The van der Waals surface area contributed by atoms with Crippen LogP contribution >= 0.6 is 7.82 Å². The monoisotopic (exact) mass is 858 g/mol. The number of aliphatic hydroxyl groups is 1. The van der Waals surface area contributed by atoms with E-state index in [1.165, 1.54) is 122 Å². The molecule has 0 aliphatic carbocycles. The zero-order valence-electron chi connectivity index (χ0n) is 37.0. The molecule has 0 amide bonds. The lowest BCUT2D eigenvalue weighted by Crippen LogP contribution is -2.34. The Kier molecular flexibility index (Phi) is 39.4. The SMILES string of the molecule is CCCCCCCC/C=C/C/C=C/C=C/C(O)CCCC(=O)OC[C@H](COP(=O)(O)OC[C@H](N)C(=O)O)OC(=O)CCCCCCCCCCCCCCCCCCC. The lowest BCUT2D eigenvalue weighted by atomic mass is 10.0. The van der Waals surface area contributed by atoms with Gasteiger partial charge in [0, 0.05) is 12.8 Å². The average molecular weight is 858 g/mol. The molecule has 59 heavy (non-hydrogen) atoms. The van der Waals surface area contributed by atoms with Crippen molar-refractivity contribution in [1.29, 1.82) is 0 Å². The van der Waals surface area contributed by atoms with Crippen LogP contribution in [0.5, 0.6) is 0 Å². The summed E-state index contributed by atoms with van der Waals surface area (Å²) in [5.74, 6) is -2.59. The molecule has 0 heterocycles. The summed E-state index contributed by atoms with van der Waals surface area (Å²) in [5, 5.41) is 19.2. The third-order valence-electron chi connectivity index (χ3n) is 10.00. The number of ether oxygens (including phenoxy) is 2. The maximum absolute atomic E-state index is 12.6. The normalized spacial score (nSPS) is 14.5. The highest BCUT2D eigenvalue weighted by atomic mass is 31.2. The molecular formula is C46H84NO11P. The van der Waals surface area contributed by atoms with Gasteiger partial charge in [-0.2, -0.15) is 0 Å². The predicted molar refractivity (Wildman–Crippen MR) is 237 cm³/mol. The summed E-state index contributed by atoms with van der Waals surface area (Å²) in [5.41, 5.74) is 5.33. The molecule has 2 unspecified atom stereocenters. The van der Waals surface area contributed by atoms with Gasteiger partial charge >= 0.3 is 25.7 Å². The molecule has 0 spiro atoms. The molecule has 0 aromatic rings. The maximum Gasteiger partial charge on any atom is 0.472 e. The first-order valence-corrected chi connectivity index (χ1v) is 24.6. The van der Waals surface area contributed by atoms with Crippen LogP contribution < -0.4 is 5.73 Å². The number of allylic oxidation sites excluding steroid dienone is 5. The highest BCUT2D eigenvalue weighted by molar-refractivity contribution is 7.47. The van der Waals surface area contributed by atoms with Crippen molar-refractivity contribution in [3.63, 3.8) is 0 Å². The predicted octanol–water partition coefficient (Wildman–Crippen LogP) is 11.4. The van der Waals surface area contributed by atoms with Gasteiger partial charge in [0.05, 0.1) is 19.3 Å². The summed E-state index contributed by atoms with van der Waals surface area (Å²) in [6.07, 6.45) is 41.0. The van der Waals surface area contributed by atoms with E-state index in [1.54, 1.807) is 12.2 Å².